The van der Waals surface area contributed by atoms with Crippen molar-refractivity contribution in [2.75, 3.05) is 0 Å². The Bertz CT molecular complexity index is 529. The second kappa shape index (κ2) is 6.92. The highest BCUT2D eigenvalue weighted by Crippen LogP contribution is 2.22. The molecular weight excluding hydrogens is 279 g/mol. The first-order chi connectivity index (χ1) is 9.19. The van der Waals surface area contributed by atoms with E-state index in [-0.39, 0.29) is 6.04 Å². The summed E-state index contributed by atoms with van der Waals surface area (Å²) in [5.41, 5.74) is 5.14. The maximum Gasteiger partial charge on any atom is 0.0453 e. The summed E-state index contributed by atoms with van der Waals surface area (Å²) in [6.07, 6.45) is 1.62. The largest absolute Gasteiger partial charge is 0.271 e. The second-order valence-corrected chi connectivity index (χ2v) is 5.34. The smallest absolute Gasteiger partial charge is 0.0453 e. The Hall–Kier alpha value is -1.06. The Labute approximate surface area is 123 Å². The van der Waals surface area contributed by atoms with Crippen molar-refractivity contribution >= 4 is 23.2 Å². The maximum absolute atomic E-state index is 6.18. The van der Waals surface area contributed by atoms with Gasteiger partial charge in [0.2, 0.25) is 0 Å². The van der Waals surface area contributed by atoms with E-state index in [9.17, 15) is 0 Å². The molecule has 2 rings (SSSR count). The molecule has 0 saturated carbocycles. The molecule has 0 saturated heterocycles. The average molecular weight is 295 g/mol. The van der Waals surface area contributed by atoms with Crippen LogP contribution in [0.3, 0.4) is 0 Å². The highest BCUT2D eigenvalue weighted by molar-refractivity contribution is 6.35. The van der Waals surface area contributed by atoms with Crippen molar-refractivity contribution in [3.63, 3.8) is 0 Å². The van der Waals surface area contributed by atoms with Gasteiger partial charge in [-0.3, -0.25) is 11.3 Å². The predicted octanol–water partition coefficient (Wildman–Crippen LogP) is 3.61. The molecule has 0 amide bonds. The molecule has 1 unspecified atom stereocenters. The van der Waals surface area contributed by atoms with E-state index < -0.39 is 0 Å². The van der Waals surface area contributed by atoms with Gasteiger partial charge in [0.1, 0.15) is 0 Å². The third kappa shape index (κ3) is 4.22. The molecule has 0 aromatic heterocycles. The van der Waals surface area contributed by atoms with Crippen LogP contribution < -0.4 is 11.3 Å². The monoisotopic (exact) mass is 294 g/mol. The van der Waals surface area contributed by atoms with Crippen LogP contribution in [0.15, 0.2) is 48.5 Å². The SMILES string of the molecule is NNC(Cc1ccccc1)Cc1ccc(Cl)cc1Cl. The normalized spacial score (nSPS) is 12.4. The highest BCUT2D eigenvalue weighted by atomic mass is 35.5. The van der Waals surface area contributed by atoms with Gasteiger partial charge < -0.3 is 0 Å². The van der Waals surface area contributed by atoms with Crippen LogP contribution in [0.1, 0.15) is 11.1 Å². The number of hydrogen-bond donors (Lipinski definition) is 2. The molecule has 100 valence electrons. The van der Waals surface area contributed by atoms with Crippen molar-refractivity contribution in [3.05, 3.63) is 69.7 Å². The van der Waals surface area contributed by atoms with Gasteiger partial charge >= 0.3 is 0 Å². The van der Waals surface area contributed by atoms with Gasteiger partial charge in [-0.05, 0) is 36.1 Å². The van der Waals surface area contributed by atoms with Crippen LogP contribution in [0.2, 0.25) is 10.0 Å². The highest BCUT2D eigenvalue weighted by Gasteiger charge is 2.11. The van der Waals surface area contributed by atoms with Crippen LogP contribution in [-0.2, 0) is 12.8 Å². The molecule has 2 nitrogen and oxygen atoms in total. The van der Waals surface area contributed by atoms with Gasteiger partial charge in [-0.1, -0.05) is 59.6 Å². The number of benzene rings is 2. The van der Waals surface area contributed by atoms with Crippen LogP contribution in [-0.4, -0.2) is 6.04 Å². The van der Waals surface area contributed by atoms with Crippen LogP contribution in [0.5, 0.6) is 0 Å². The summed E-state index contributed by atoms with van der Waals surface area (Å²) >= 11 is 12.1. The molecule has 3 N–H and O–H groups in total. The zero-order chi connectivity index (χ0) is 13.7. The summed E-state index contributed by atoms with van der Waals surface area (Å²) in [7, 11) is 0. The first-order valence-electron chi connectivity index (χ1n) is 6.13. The number of rotatable bonds is 5. The number of nitrogens with one attached hydrogen (secondary N) is 1. The van der Waals surface area contributed by atoms with Crippen molar-refractivity contribution < 1.29 is 0 Å². The molecule has 0 aliphatic heterocycles. The zero-order valence-electron chi connectivity index (χ0n) is 10.4. The summed E-state index contributed by atoms with van der Waals surface area (Å²) in [6.45, 7) is 0. The maximum atomic E-state index is 6.18. The number of nitrogens with two attached hydrogens (primary N) is 1. The topological polar surface area (TPSA) is 38.0 Å². The van der Waals surface area contributed by atoms with E-state index in [1.54, 1.807) is 6.07 Å². The van der Waals surface area contributed by atoms with Crippen molar-refractivity contribution in [1.29, 1.82) is 0 Å². The molecule has 0 fully saturated rings. The van der Waals surface area contributed by atoms with E-state index in [0.717, 1.165) is 18.4 Å². The molecule has 0 spiro atoms. The molecule has 19 heavy (non-hydrogen) atoms. The molecule has 2 aromatic rings. The fraction of sp³-hybridized carbons (Fsp3) is 0.200. The van der Waals surface area contributed by atoms with Gasteiger partial charge in [0.25, 0.3) is 0 Å². The lowest BCUT2D eigenvalue weighted by Gasteiger charge is -2.17. The number of halogens is 2. The van der Waals surface area contributed by atoms with Gasteiger partial charge in [0, 0.05) is 16.1 Å². The quantitative estimate of drug-likeness (QED) is 0.653. The first-order valence-corrected chi connectivity index (χ1v) is 6.88. The fourth-order valence-corrected chi connectivity index (χ4v) is 2.53. The minimum Gasteiger partial charge on any atom is -0.271 e. The standard InChI is InChI=1S/C15H16Cl2N2/c16-13-7-6-12(15(17)10-13)9-14(19-18)8-11-4-2-1-3-5-11/h1-7,10,14,19H,8-9,18H2. The van der Waals surface area contributed by atoms with Crippen LogP contribution in [0.25, 0.3) is 0 Å². The van der Waals surface area contributed by atoms with Crippen LogP contribution in [0.4, 0.5) is 0 Å². The van der Waals surface area contributed by atoms with Gasteiger partial charge in [0.15, 0.2) is 0 Å². The van der Waals surface area contributed by atoms with Gasteiger partial charge in [0.05, 0.1) is 0 Å². The van der Waals surface area contributed by atoms with Crippen LogP contribution >= 0.6 is 23.2 Å². The van der Waals surface area contributed by atoms with Crippen LogP contribution in [0, 0.1) is 0 Å². The number of hydrazine groups is 1. The molecule has 0 bridgehead atoms. The summed E-state index contributed by atoms with van der Waals surface area (Å²) in [5.74, 6) is 5.63. The average Bonchev–Trinajstić information content (AvgIpc) is 2.42. The van der Waals surface area contributed by atoms with Crippen molar-refractivity contribution in [2.45, 2.75) is 18.9 Å². The summed E-state index contributed by atoms with van der Waals surface area (Å²) in [5, 5.41) is 1.33. The van der Waals surface area contributed by atoms with E-state index in [2.05, 4.69) is 17.6 Å². The lowest BCUT2D eigenvalue weighted by Crippen LogP contribution is -2.38. The fourth-order valence-electron chi connectivity index (χ4n) is 2.04. The summed E-state index contributed by atoms with van der Waals surface area (Å²) in [4.78, 5) is 0. The molecule has 1 atom stereocenters. The third-order valence-electron chi connectivity index (χ3n) is 3.04. The minimum atomic E-state index is 0.140. The zero-order valence-corrected chi connectivity index (χ0v) is 12.0. The van der Waals surface area contributed by atoms with E-state index in [1.165, 1.54) is 5.56 Å². The van der Waals surface area contributed by atoms with E-state index in [4.69, 9.17) is 29.0 Å². The molecule has 0 aliphatic carbocycles. The number of hydrogen-bond acceptors (Lipinski definition) is 2. The van der Waals surface area contributed by atoms with E-state index >= 15 is 0 Å². The molecule has 0 radical (unpaired) electrons. The van der Waals surface area contributed by atoms with E-state index in [0.29, 0.717) is 10.0 Å². The first kappa shape index (κ1) is 14.4. The van der Waals surface area contributed by atoms with Gasteiger partial charge in [-0.2, -0.15) is 0 Å². The molecule has 0 aliphatic rings. The molecule has 2 aromatic carbocycles. The summed E-state index contributed by atoms with van der Waals surface area (Å²) in [6, 6.07) is 15.9. The van der Waals surface area contributed by atoms with Gasteiger partial charge in [-0.25, -0.2) is 0 Å². The molecule has 4 heteroatoms. The lowest BCUT2D eigenvalue weighted by atomic mass is 9.99. The Morgan fingerprint density at radius 2 is 1.74 bits per heavy atom. The third-order valence-corrected chi connectivity index (χ3v) is 3.63. The molecule has 0 heterocycles. The van der Waals surface area contributed by atoms with E-state index in [1.807, 2.05) is 30.3 Å². The lowest BCUT2D eigenvalue weighted by molar-refractivity contribution is 0.522. The predicted molar refractivity (Wildman–Crippen MR) is 81.4 cm³/mol. The summed E-state index contributed by atoms with van der Waals surface area (Å²) < 4.78 is 0. The Morgan fingerprint density at radius 3 is 2.37 bits per heavy atom. The minimum absolute atomic E-state index is 0.140. The van der Waals surface area contributed by atoms with Crippen molar-refractivity contribution in [1.82, 2.24) is 5.43 Å². The second-order valence-electron chi connectivity index (χ2n) is 4.49. The Morgan fingerprint density at radius 1 is 1.00 bits per heavy atom. The van der Waals surface area contributed by atoms with Gasteiger partial charge in [-0.15, -0.1) is 0 Å². The molecular formula is C15H16Cl2N2. The van der Waals surface area contributed by atoms with Crippen molar-refractivity contribution in [3.8, 4) is 0 Å². The Kier molecular flexibility index (Phi) is 5.23. The Balaban J connectivity index is 2.06. The van der Waals surface area contributed by atoms with Crippen molar-refractivity contribution in [2.24, 2.45) is 5.84 Å².